The molecule has 1 aromatic rings. The van der Waals surface area contributed by atoms with Gasteiger partial charge in [-0.15, -0.1) is 24.0 Å². The van der Waals surface area contributed by atoms with E-state index in [1.807, 2.05) is 32.0 Å². The van der Waals surface area contributed by atoms with E-state index in [1.165, 1.54) is 0 Å². The fraction of sp³-hybridized carbons (Fsp3) is 0.533. The number of guanidine groups is 1. The number of nitrogens with one attached hydrogen (secondary N) is 2. The van der Waals surface area contributed by atoms with Crippen LogP contribution in [0.4, 0.5) is 5.69 Å². The smallest absolute Gasteiger partial charge is 0.195 e. The number of methoxy groups -OCH3 is 1. The van der Waals surface area contributed by atoms with Gasteiger partial charge in [0, 0.05) is 32.0 Å². The zero-order valence-electron chi connectivity index (χ0n) is 13.6. The number of rotatable bonds is 8. The fourth-order valence-corrected chi connectivity index (χ4v) is 1.72. The molecule has 0 radical (unpaired) electrons. The minimum atomic E-state index is 0. The molecule has 0 heterocycles. The molecule has 0 spiro atoms. The van der Waals surface area contributed by atoms with Crippen molar-refractivity contribution in [2.45, 2.75) is 13.8 Å². The SMILES string of the molecule is CCOCCNC(=NC)Nc1ccc(OCC)c(OC)c1.I. The molecule has 0 saturated carbocycles. The second kappa shape index (κ2) is 12.3. The second-order valence-electron chi connectivity index (χ2n) is 4.12. The Kier molecular flexibility index (Phi) is 11.7. The van der Waals surface area contributed by atoms with Crippen molar-refractivity contribution in [3.63, 3.8) is 0 Å². The Morgan fingerprint density at radius 2 is 1.95 bits per heavy atom. The van der Waals surface area contributed by atoms with Gasteiger partial charge < -0.3 is 24.8 Å². The lowest BCUT2D eigenvalue weighted by atomic mass is 10.2. The normalized spacial score (nSPS) is 10.6. The molecule has 0 fully saturated rings. The molecule has 0 aliphatic heterocycles. The number of ether oxygens (including phenoxy) is 3. The first-order valence-electron chi connectivity index (χ1n) is 7.11. The van der Waals surface area contributed by atoms with E-state index >= 15 is 0 Å². The van der Waals surface area contributed by atoms with E-state index in [0.29, 0.717) is 38.1 Å². The van der Waals surface area contributed by atoms with E-state index < -0.39 is 0 Å². The lowest BCUT2D eigenvalue weighted by Crippen LogP contribution is -2.33. The zero-order valence-corrected chi connectivity index (χ0v) is 16.0. The summed E-state index contributed by atoms with van der Waals surface area (Å²) in [5, 5.41) is 6.37. The number of hydrogen-bond acceptors (Lipinski definition) is 4. The van der Waals surface area contributed by atoms with Gasteiger partial charge >= 0.3 is 0 Å². The molecule has 0 aromatic heterocycles. The van der Waals surface area contributed by atoms with Gasteiger partial charge in [-0.25, -0.2) is 0 Å². The molecule has 6 nitrogen and oxygen atoms in total. The average molecular weight is 423 g/mol. The molecule has 0 atom stereocenters. The summed E-state index contributed by atoms with van der Waals surface area (Å²) < 4.78 is 16.1. The summed E-state index contributed by atoms with van der Waals surface area (Å²) >= 11 is 0. The predicted octanol–water partition coefficient (Wildman–Crippen LogP) is 2.74. The third kappa shape index (κ3) is 7.17. The van der Waals surface area contributed by atoms with E-state index in [-0.39, 0.29) is 24.0 Å². The Morgan fingerprint density at radius 3 is 2.55 bits per heavy atom. The Bertz CT molecular complexity index is 456. The molecule has 1 aromatic carbocycles. The van der Waals surface area contributed by atoms with Crippen LogP contribution >= 0.6 is 24.0 Å². The van der Waals surface area contributed by atoms with Crippen LogP contribution < -0.4 is 20.1 Å². The molecule has 0 unspecified atom stereocenters. The number of anilines is 1. The van der Waals surface area contributed by atoms with Crippen LogP contribution in [0.2, 0.25) is 0 Å². The van der Waals surface area contributed by atoms with Crippen LogP contribution in [-0.4, -0.2) is 46.5 Å². The van der Waals surface area contributed by atoms with Gasteiger partial charge in [0.1, 0.15) is 0 Å². The highest BCUT2D eigenvalue weighted by Crippen LogP contribution is 2.30. The predicted molar refractivity (Wildman–Crippen MR) is 101 cm³/mol. The number of hydrogen-bond donors (Lipinski definition) is 2. The van der Waals surface area contributed by atoms with Crippen molar-refractivity contribution in [2.24, 2.45) is 4.99 Å². The first-order chi connectivity index (χ1) is 10.2. The maximum absolute atomic E-state index is 5.49. The average Bonchev–Trinajstić information content (AvgIpc) is 2.51. The summed E-state index contributed by atoms with van der Waals surface area (Å²) in [7, 11) is 3.35. The van der Waals surface area contributed by atoms with Gasteiger partial charge in [0.2, 0.25) is 0 Å². The monoisotopic (exact) mass is 423 g/mol. The summed E-state index contributed by atoms with van der Waals surface area (Å²) in [6, 6.07) is 5.67. The van der Waals surface area contributed by atoms with E-state index in [2.05, 4.69) is 15.6 Å². The summed E-state index contributed by atoms with van der Waals surface area (Å²) in [5.41, 5.74) is 0.875. The van der Waals surface area contributed by atoms with Gasteiger partial charge in [0.25, 0.3) is 0 Å². The molecule has 1 rings (SSSR count). The minimum absolute atomic E-state index is 0. The van der Waals surface area contributed by atoms with Crippen molar-refractivity contribution >= 4 is 35.6 Å². The zero-order chi connectivity index (χ0) is 15.5. The summed E-state index contributed by atoms with van der Waals surface area (Å²) in [5.74, 6) is 2.09. The number of aliphatic imine (C=N–C) groups is 1. The largest absolute Gasteiger partial charge is 0.493 e. The van der Waals surface area contributed by atoms with Crippen LogP contribution in [-0.2, 0) is 4.74 Å². The lowest BCUT2D eigenvalue weighted by molar-refractivity contribution is 0.152. The summed E-state index contributed by atoms with van der Waals surface area (Å²) in [4.78, 5) is 4.16. The Morgan fingerprint density at radius 1 is 1.18 bits per heavy atom. The topological polar surface area (TPSA) is 64.1 Å². The number of halogens is 1. The second-order valence-corrected chi connectivity index (χ2v) is 4.12. The van der Waals surface area contributed by atoms with Gasteiger partial charge in [-0.3, -0.25) is 4.99 Å². The molecule has 0 aliphatic rings. The number of benzene rings is 1. The first-order valence-corrected chi connectivity index (χ1v) is 7.11. The van der Waals surface area contributed by atoms with Crippen LogP contribution in [0.15, 0.2) is 23.2 Å². The summed E-state index contributed by atoms with van der Waals surface area (Å²) in [6.45, 7) is 6.56. The minimum Gasteiger partial charge on any atom is -0.493 e. The van der Waals surface area contributed by atoms with Crippen LogP contribution in [0.3, 0.4) is 0 Å². The van der Waals surface area contributed by atoms with Crippen molar-refractivity contribution in [2.75, 3.05) is 45.8 Å². The third-order valence-electron chi connectivity index (χ3n) is 2.69. The quantitative estimate of drug-likeness (QED) is 0.292. The standard InChI is InChI=1S/C15H25N3O3.HI/c1-5-20-10-9-17-15(16-3)18-12-7-8-13(21-6-2)14(11-12)19-4;/h7-8,11H,5-6,9-10H2,1-4H3,(H2,16,17,18);1H. The van der Waals surface area contributed by atoms with Crippen molar-refractivity contribution in [1.82, 2.24) is 5.32 Å². The first kappa shape index (κ1) is 20.8. The summed E-state index contributed by atoms with van der Waals surface area (Å²) in [6.07, 6.45) is 0. The van der Waals surface area contributed by atoms with Crippen LogP contribution in [0.1, 0.15) is 13.8 Å². The van der Waals surface area contributed by atoms with Gasteiger partial charge in [-0.2, -0.15) is 0 Å². The van der Waals surface area contributed by atoms with Gasteiger partial charge in [-0.1, -0.05) is 0 Å². The maximum Gasteiger partial charge on any atom is 0.195 e. The van der Waals surface area contributed by atoms with Gasteiger partial charge in [0.05, 0.1) is 20.3 Å². The Balaban J connectivity index is 0.00000441. The van der Waals surface area contributed by atoms with Gasteiger partial charge in [-0.05, 0) is 26.0 Å². The van der Waals surface area contributed by atoms with Crippen molar-refractivity contribution < 1.29 is 14.2 Å². The molecule has 0 saturated heterocycles. The molecule has 0 amide bonds. The van der Waals surface area contributed by atoms with E-state index in [0.717, 1.165) is 11.4 Å². The van der Waals surface area contributed by atoms with E-state index in [4.69, 9.17) is 14.2 Å². The fourth-order valence-electron chi connectivity index (χ4n) is 1.72. The molecule has 2 N–H and O–H groups in total. The Labute approximate surface area is 149 Å². The van der Waals surface area contributed by atoms with Gasteiger partial charge in [0.15, 0.2) is 17.5 Å². The maximum atomic E-state index is 5.49. The molecule has 0 bridgehead atoms. The van der Waals surface area contributed by atoms with E-state index in [1.54, 1.807) is 14.2 Å². The lowest BCUT2D eigenvalue weighted by Gasteiger charge is -2.14. The highest BCUT2D eigenvalue weighted by Gasteiger charge is 2.06. The highest BCUT2D eigenvalue weighted by molar-refractivity contribution is 14.0. The molecular formula is C15H26IN3O3. The molecule has 126 valence electrons. The molecular weight excluding hydrogens is 397 g/mol. The third-order valence-corrected chi connectivity index (χ3v) is 2.69. The van der Waals surface area contributed by atoms with Crippen molar-refractivity contribution in [1.29, 1.82) is 0 Å². The van der Waals surface area contributed by atoms with Crippen molar-refractivity contribution in [3.8, 4) is 11.5 Å². The van der Waals surface area contributed by atoms with Crippen LogP contribution in [0.5, 0.6) is 11.5 Å². The number of nitrogens with zero attached hydrogens (tertiary/aromatic N) is 1. The van der Waals surface area contributed by atoms with Crippen LogP contribution in [0.25, 0.3) is 0 Å². The Hall–Kier alpha value is -1.22. The highest BCUT2D eigenvalue weighted by atomic mass is 127. The molecule has 7 heteroatoms. The molecule has 0 aliphatic carbocycles. The van der Waals surface area contributed by atoms with E-state index in [9.17, 15) is 0 Å². The van der Waals surface area contributed by atoms with Crippen molar-refractivity contribution in [3.05, 3.63) is 18.2 Å². The van der Waals surface area contributed by atoms with Crippen LogP contribution in [0, 0.1) is 0 Å². The molecule has 22 heavy (non-hydrogen) atoms.